The SMILES string of the molecule is CC(C)c1cccc(-c2cccc3cc(-c4nc([C@H]5CC[C@H](C(=O)O)CC5)n5ccnc(N)c45)[nH]c23)c1. The number of nitrogens with two attached hydrogens (primary N) is 1. The lowest BCUT2D eigenvalue weighted by molar-refractivity contribution is -0.142. The molecule has 3 heterocycles. The first-order chi connectivity index (χ1) is 17.9. The van der Waals surface area contributed by atoms with Crippen LogP contribution in [0, 0.1) is 5.92 Å². The van der Waals surface area contributed by atoms with Crippen molar-refractivity contribution in [2.45, 2.75) is 51.4 Å². The molecule has 0 spiro atoms. The molecule has 4 N–H and O–H groups in total. The maximum absolute atomic E-state index is 11.5. The molecule has 0 bridgehead atoms. The maximum atomic E-state index is 11.5. The Balaban J connectivity index is 1.46. The number of anilines is 1. The minimum absolute atomic E-state index is 0.178. The molecule has 0 saturated heterocycles. The van der Waals surface area contributed by atoms with Gasteiger partial charge in [0.25, 0.3) is 0 Å². The normalized spacial score (nSPS) is 18.1. The van der Waals surface area contributed by atoms with E-state index in [4.69, 9.17) is 10.7 Å². The molecule has 0 amide bonds. The fraction of sp³-hybridized carbons (Fsp3) is 0.300. The third-order valence-corrected chi connectivity index (χ3v) is 7.83. The van der Waals surface area contributed by atoms with Gasteiger partial charge in [-0.15, -0.1) is 0 Å². The summed E-state index contributed by atoms with van der Waals surface area (Å²) in [5.74, 6) is 1.01. The predicted octanol–water partition coefficient (Wildman–Crippen LogP) is 6.61. The van der Waals surface area contributed by atoms with Gasteiger partial charge in [-0.1, -0.05) is 56.3 Å². The Labute approximate surface area is 215 Å². The highest BCUT2D eigenvalue weighted by Gasteiger charge is 2.30. The molecule has 6 rings (SSSR count). The van der Waals surface area contributed by atoms with Crippen LogP contribution in [0.3, 0.4) is 0 Å². The summed E-state index contributed by atoms with van der Waals surface area (Å²) in [4.78, 5) is 24.6. The summed E-state index contributed by atoms with van der Waals surface area (Å²) in [6.45, 7) is 4.42. The van der Waals surface area contributed by atoms with E-state index in [9.17, 15) is 9.90 Å². The van der Waals surface area contributed by atoms with Gasteiger partial charge in [0.05, 0.1) is 17.1 Å². The zero-order chi connectivity index (χ0) is 25.7. The molecule has 1 saturated carbocycles. The lowest BCUT2D eigenvalue weighted by Gasteiger charge is -2.25. The number of nitrogens with zero attached hydrogens (tertiary/aromatic N) is 3. The van der Waals surface area contributed by atoms with Gasteiger partial charge in [-0.2, -0.15) is 0 Å². The molecule has 0 radical (unpaired) electrons. The number of aromatic nitrogens is 4. The van der Waals surface area contributed by atoms with Crippen molar-refractivity contribution in [3.63, 3.8) is 0 Å². The van der Waals surface area contributed by atoms with E-state index < -0.39 is 5.97 Å². The first-order valence-corrected chi connectivity index (χ1v) is 13.0. The van der Waals surface area contributed by atoms with Crippen molar-refractivity contribution in [1.82, 2.24) is 19.4 Å². The van der Waals surface area contributed by atoms with Crippen LogP contribution in [0.1, 0.15) is 62.8 Å². The van der Waals surface area contributed by atoms with E-state index in [1.807, 2.05) is 10.6 Å². The van der Waals surface area contributed by atoms with Gasteiger partial charge in [-0.3, -0.25) is 9.20 Å². The second-order valence-corrected chi connectivity index (χ2v) is 10.5. The zero-order valence-electron chi connectivity index (χ0n) is 21.1. The van der Waals surface area contributed by atoms with Crippen LogP contribution in [0.2, 0.25) is 0 Å². The second-order valence-electron chi connectivity index (χ2n) is 10.5. The largest absolute Gasteiger partial charge is 0.481 e. The Morgan fingerprint density at radius 1 is 1.11 bits per heavy atom. The minimum Gasteiger partial charge on any atom is -0.481 e. The smallest absolute Gasteiger partial charge is 0.306 e. The first-order valence-electron chi connectivity index (χ1n) is 13.0. The number of carboxylic acids is 1. The quantitative estimate of drug-likeness (QED) is 0.255. The van der Waals surface area contributed by atoms with Crippen LogP contribution >= 0.6 is 0 Å². The van der Waals surface area contributed by atoms with Crippen LogP contribution in [0.4, 0.5) is 5.82 Å². The van der Waals surface area contributed by atoms with E-state index in [1.165, 1.54) is 11.1 Å². The van der Waals surface area contributed by atoms with Crippen molar-refractivity contribution in [3.8, 4) is 22.5 Å². The Bertz CT molecular complexity index is 1620. The molecule has 2 aromatic carbocycles. The van der Waals surface area contributed by atoms with Crippen LogP contribution in [-0.2, 0) is 4.79 Å². The summed E-state index contributed by atoms with van der Waals surface area (Å²) in [6.07, 6.45) is 6.52. The fourth-order valence-corrected chi connectivity index (χ4v) is 5.75. The van der Waals surface area contributed by atoms with Gasteiger partial charge in [0, 0.05) is 29.3 Å². The summed E-state index contributed by atoms with van der Waals surface area (Å²) in [7, 11) is 0. The lowest BCUT2D eigenvalue weighted by atomic mass is 9.81. The molecule has 5 aromatic rings. The number of carbonyl (C=O) groups is 1. The molecule has 3 aromatic heterocycles. The number of nitrogen functional groups attached to an aromatic ring is 1. The van der Waals surface area contributed by atoms with Gasteiger partial charge in [0.2, 0.25) is 0 Å². The Morgan fingerprint density at radius 2 is 1.89 bits per heavy atom. The second kappa shape index (κ2) is 9.07. The summed E-state index contributed by atoms with van der Waals surface area (Å²) in [6, 6.07) is 17.2. The van der Waals surface area contributed by atoms with Crippen molar-refractivity contribution in [1.29, 1.82) is 0 Å². The van der Waals surface area contributed by atoms with Crippen molar-refractivity contribution in [3.05, 3.63) is 72.3 Å². The van der Waals surface area contributed by atoms with Crippen LogP contribution in [0.25, 0.3) is 38.9 Å². The van der Waals surface area contributed by atoms with Crippen LogP contribution in [0.5, 0.6) is 0 Å². The Hall–Kier alpha value is -4.13. The summed E-state index contributed by atoms with van der Waals surface area (Å²) in [5.41, 5.74) is 13.5. The first kappa shape index (κ1) is 23.3. The number of aliphatic carboxylic acids is 1. The number of benzene rings is 2. The van der Waals surface area contributed by atoms with Gasteiger partial charge >= 0.3 is 5.97 Å². The number of imidazole rings is 1. The number of H-pyrrole nitrogens is 1. The summed E-state index contributed by atoms with van der Waals surface area (Å²) >= 11 is 0. The molecular weight excluding hydrogens is 462 g/mol. The predicted molar refractivity (Wildman–Crippen MR) is 147 cm³/mol. The van der Waals surface area contributed by atoms with E-state index in [2.05, 4.69) is 72.3 Å². The summed E-state index contributed by atoms with van der Waals surface area (Å²) in [5, 5.41) is 10.5. The number of carboxylic acid groups (broad SMARTS) is 1. The topological polar surface area (TPSA) is 109 Å². The minimum atomic E-state index is -0.701. The number of para-hydroxylation sites is 1. The maximum Gasteiger partial charge on any atom is 0.306 e. The average molecular weight is 494 g/mol. The Kier molecular flexibility index (Phi) is 5.71. The molecule has 1 fully saturated rings. The molecular formula is C30H31N5O2. The third kappa shape index (κ3) is 4.04. The highest BCUT2D eigenvalue weighted by molar-refractivity contribution is 5.99. The number of hydrogen-bond acceptors (Lipinski definition) is 4. The molecule has 37 heavy (non-hydrogen) atoms. The van der Waals surface area contributed by atoms with Crippen molar-refractivity contribution in [2.24, 2.45) is 5.92 Å². The highest BCUT2D eigenvalue weighted by atomic mass is 16.4. The average Bonchev–Trinajstić information content (AvgIpc) is 3.51. The van der Waals surface area contributed by atoms with Crippen molar-refractivity contribution >= 4 is 28.2 Å². The molecule has 1 aliphatic rings. The molecule has 7 nitrogen and oxygen atoms in total. The van der Waals surface area contributed by atoms with Gasteiger partial charge in [-0.25, -0.2) is 9.97 Å². The van der Waals surface area contributed by atoms with Gasteiger partial charge in [-0.05, 0) is 48.8 Å². The lowest BCUT2D eigenvalue weighted by Crippen LogP contribution is -2.21. The molecule has 1 aliphatic carbocycles. The number of fused-ring (bicyclic) bond motifs is 2. The van der Waals surface area contributed by atoms with Crippen LogP contribution in [-0.4, -0.2) is 30.4 Å². The van der Waals surface area contributed by atoms with Crippen molar-refractivity contribution in [2.75, 3.05) is 5.73 Å². The molecule has 0 unspecified atom stereocenters. The fourth-order valence-electron chi connectivity index (χ4n) is 5.75. The number of hydrogen-bond donors (Lipinski definition) is 3. The van der Waals surface area contributed by atoms with Crippen LogP contribution in [0.15, 0.2) is 60.9 Å². The zero-order valence-corrected chi connectivity index (χ0v) is 21.1. The van der Waals surface area contributed by atoms with Gasteiger partial charge in [0.1, 0.15) is 22.9 Å². The van der Waals surface area contributed by atoms with Gasteiger partial charge < -0.3 is 15.8 Å². The van der Waals surface area contributed by atoms with Crippen molar-refractivity contribution < 1.29 is 9.90 Å². The molecule has 0 atom stereocenters. The van der Waals surface area contributed by atoms with E-state index in [0.717, 1.165) is 52.0 Å². The number of nitrogens with one attached hydrogen (secondary N) is 1. The Morgan fingerprint density at radius 3 is 2.65 bits per heavy atom. The van der Waals surface area contributed by atoms with E-state index in [-0.39, 0.29) is 11.8 Å². The molecule has 7 heteroatoms. The standard InChI is InChI=1S/C30H31N5O2/c1-17(2)20-5-3-6-21(15-20)23-8-4-7-22-16-24(33-25(22)23)26-27-28(31)32-13-14-35(27)29(34-26)18-9-11-19(12-10-18)30(36)37/h3-8,13-19,33H,9-12H2,1-2H3,(H2,31,32)(H,36,37)/t18-,19-. The summed E-state index contributed by atoms with van der Waals surface area (Å²) < 4.78 is 2.04. The van der Waals surface area contributed by atoms with E-state index in [0.29, 0.717) is 24.6 Å². The van der Waals surface area contributed by atoms with Gasteiger partial charge in [0.15, 0.2) is 0 Å². The van der Waals surface area contributed by atoms with E-state index in [1.54, 1.807) is 6.20 Å². The molecule has 188 valence electrons. The highest BCUT2D eigenvalue weighted by Crippen LogP contribution is 2.40. The number of aromatic amines is 1. The number of rotatable bonds is 5. The molecule has 0 aliphatic heterocycles. The third-order valence-electron chi connectivity index (χ3n) is 7.83. The monoisotopic (exact) mass is 493 g/mol. The van der Waals surface area contributed by atoms with E-state index >= 15 is 0 Å². The van der Waals surface area contributed by atoms with Crippen LogP contribution < -0.4 is 5.73 Å².